The van der Waals surface area contributed by atoms with Gasteiger partial charge in [0.05, 0.1) is 5.02 Å². The lowest BCUT2D eigenvalue weighted by molar-refractivity contribution is 0.367. The molecule has 2 aromatic rings. The SMILES string of the molecule is CC(C)(C)n1c(-c2ccc(Cl)cc2Cl)nnc1S(=O)(=O)Cl. The number of nitrogens with zero attached hydrogens (tertiary/aromatic N) is 3. The maximum atomic E-state index is 11.7. The van der Waals surface area contributed by atoms with E-state index in [9.17, 15) is 8.42 Å². The molecule has 1 aromatic carbocycles. The van der Waals surface area contributed by atoms with Crippen LogP contribution in [0.15, 0.2) is 23.4 Å². The molecule has 0 N–H and O–H groups in total. The lowest BCUT2D eigenvalue weighted by Gasteiger charge is -2.24. The third kappa shape index (κ3) is 3.34. The van der Waals surface area contributed by atoms with Crippen LogP contribution in [0.5, 0.6) is 0 Å². The summed E-state index contributed by atoms with van der Waals surface area (Å²) in [6.45, 7) is 5.44. The van der Waals surface area contributed by atoms with Crippen molar-refractivity contribution in [3.8, 4) is 11.4 Å². The zero-order chi connectivity index (χ0) is 16.0. The third-order valence-corrected chi connectivity index (χ3v) is 4.36. The highest BCUT2D eigenvalue weighted by Gasteiger charge is 2.30. The van der Waals surface area contributed by atoms with E-state index in [0.717, 1.165) is 0 Å². The zero-order valence-corrected chi connectivity index (χ0v) is 14.5. The fourth-order valence-corrected chi connectivity index (χ4v) is 3.39. The molecule has 0 aliphatic heterocycles. The average Bonchev–Trinajstić information content (AvgIpc) is 2.72. The number of aromatic nitrogens is 3. The highest BCUT2D eigenvalue weighted by Crippen LogP contribution is 2.34. The summed E-state index contributed by atoms with van der Waals surface area (Å²) in [6, 6.07) is 4.84. The topological polar surface area (TPSA) is 64.8 Å². The van der Waals surface area contributed by atoms with Gasteiger partial charge in [0, 0.05) is 26.8 Å². The molecule has 21 heavy (non-hydrogen) atoms. The summed E-state index contributed by atoms with van der Waals surface area (Å²) in [5, 5.41) is 8.12. The van der Waals surface area contributed by atoms with Crippen molar-refractivity contribution in [3.05, 3.63) is 28.2 Å². The molecule has 0 saturated carbocycles. The summed E-state index contributed by atoms with van der Waals surface area (Å²) < 4.78 is 24.8. The van der Waals surface area contributed by atoms with E-state index in [-0.39, 0.29) is 5.16 Å². The Labute approximate surface area is 137 Å². The second-order valence-electron chi connectivity index (χ2n) is 5.37. The Bertz CT molecular complexity index is 795. The summed E-state index contributed by atoms with van der Waals surface area (Å²) in [7, 11) is 1.40. The zero-order valence-electron chi connectivity index (χ0n) is 11.4. The minimum Gasteiger partial charge on any atom is -0.291 e. The normalized spacial score (nSPS) is 12.7. The maximum absolute atomic E-state index is 11.7. The van der Waals surface area contributed by atoms with E-state index in [4.69, 9.17) is 33.9 Å². The van der Waals surface area contributed by atoms with Crippen LogP contribution in [0.1, 0.15) is 20.8 Å². The molecule has 0 spiro atoms. The molecule has 114 valence electrons. The minimum absolute atomic E-state index is 0.309. The summed E-state index contributed by atoms with van der Waals surface area (Å²) in [5.74, 6) is 0.309. The Morgan fingerprint density at radius 2 is 1.76 bits per heavy atom. The van der Waals surface area contributed by atoms with Crippen LogP contribution in [-0.4, -0.2) is 23.2 Å². The van der Waals surface area contributed by atoms with Gasteiger partial charge >= 0.3 is 0 Å². The van der Waals surface area contributed by atoms with Gasteiger partial charge in [-0.25, -0.2) is 8.42 Å². The van der Waals surface area contributed by atoms with Gasteiger partial charge in [0.2, 0.25) is 0 Å². The van der Waals surface area contributed by atoms with Gasteiger partial charge < -0.3 is 0 Å². The van der Waals surface area contributed by atoms with Crippen LogP contribution in [0.3, 0.4) is 0 Å². The van der Waals surface area contributed by atoms with Crippen molar-refractivity contribution in [1.82, 2.24) is 14.8 Å². The van der Waals surface area contributed by atoms with Crippen LogP contribution in [0.2, 0.25) is 10.0 Å². The second kappa shape index (κ2) is 5.43. The standard InChI is InChI=1S/C12H12Cl3N3O2S/c1-12(2,3)18-10(16-17-11(18)21(15,19)20)8-5-4-7(13)6-9(8)14/h4-6H,1-3H3. The van der Waals surface area contributed by atoms with Crippen LogP contribution >= 0.6 is 33.9 Å². The highest BCUT2D eigenvalue weighted by molar-refractivity contribution is 8.13. The number of hydrogen-bond donors (Lipinski definition) is 0. The first-order valence-corrected chi connectivity index (χ1v) is 8.94. The number of rotatable bonds is 2. The molecule has 0 aliphatic carbocycles. The molecule has 0 radical (unpaired) electrons. The van der Waals surface area contributed by atoms with Gasteiger partial charge in [0.15, 0.2) is 5.82 Å². The fraction of sp³-hybridized carbons (Fsp3) is 0.333. The summed E-state index contributed by atoms with van der Waals surface area (Å²) in [6.07, 6.45) is 0. The van der Waals surface area contributed by atoms with Crippen molar-refractivity contribution >= 4 is 42.9 Å². The first-order chi connectivity index (χ1) is 9.51. The molecule has 0 aliphatic rings. The van der Waals surface area contributed by atoms with Gasteiger partial charge in [-0.1, -0.05) is 23.2 Å². The van der Waals surface area contributed by atoms with Crippen molar-refractivity contribution in [2.75, 3.05) is 0 Å². The third-order valence-electron chi connectivity index (χ3n) is 2.69. The van der Waals surface area contributed by atoms with E-state index < -0.39 is 14.6 Å². The van der Waals surface area contributed by atoms with Crippen molar-refractivity contribution in [2.45, 2.75) is 31.5 Å². The van der Waals surface area contributed by atoms with Gasteiger partial charge in [0.1, 0.15) is 0 Å². The fourth-order valence-electron chi connectivity index (χ4n) is 1.88. The molecule has 0 unspecified atom stereocenters. The Morgan fingerprint density at radius 1 is 1.14 bits per heavy atom. The van der Waals surface area contributed by atoms with E-state index in [1.54, 1.807) is 18.2 Å². The first kappa shape index (κ1) is 16.5. The van der Waals surface area contributed by atoms with Gasteiger partial charge in [-0.05, 0) is 39.0 Å². The van der Waals surface area contributed by atoms with E-state index in [2.05, 4.69) is 10.2 Å². The minimum atomic E-state index is -4.03. The lowest BCUT2D eigenvalue weighted by atomic mass is 10.1. The van der Waals surface area contributed by atoms with Crippen LogP contribution in [0.4, 0.5) is 0 Å². The van der Waals surface area contributed by atoms with Crippen molar-refractivity contribution in [2.24, 2.45) is 0 Å². The van der Waals surface area contributed by atoms with E-state index >= 15 is 0 Å². The quantitative estimate of drug-likeness (QED) is 0.753. The predicted octanol–water partition coefficient (Wildman–Crippen LogP) is 3.93. The lowest BCUT2D eigenvalue weighted by Crippen LogP contribution is -2.25. The highest BCUT2D eigenvalue weighted by atomic mass is 35.7. The Morgan fingerprint density at radius 3 is 2.24 bits per heavy atom. The molecule has 2 rings (SSSR count). The Hall–Kier alpha value is -0.820. The summed E-state index contributed by atoms with van der Waals surface area (Å²) in [4.78, 5) is 0. The molecule has 1 heterocycles. The summed E-state index contributed by atoms with van der Waals surface area (Å²) >= 11 is 12.0. The second-order valence-corrected chi connectivity index (χ2v) is 8.68. The molecule has 9 heteroatoms. The van der Waals surface area contributed by atoms with Gasteiger partial charge in [-0.15, -0.1) is 10.2 Å². The van der Waals surface area contributed by atoms with Crippen molar-refractivity contribution in [3.63, 3.8) is 0 Å². The van der Waals surface area contributed by atoms with Crippen LogP contribution in [0, 0.1) is 0 Å². The summed E-state index contributed by atoms with van der Waals surface area (Å²) in [5.41, 5.74) is -0.0888. The average molecular weight is 369 g/mol. The van der Waals surface area contributed by atoms with Crippen LogP contribution in [-0.2, 0) is 14.6 Å². The first-order valence-electron chi connectivity index (χ1n) is 5.88. The molecule has 0 fully saturated rings. The molecule has 0 saturated heterocycles. The molecular formula is C12H12Cl3N3O2S. The number of benzene rings is 1. The smallest absolute Gasteiger partial charge is 0.291 e. The monoisotopic (exact) mass is 367 g/mol. The van der Waals surface area contributed by atoms with Crippen molar-refractivity contribution in [1.29, 1.82) is 0 Å². The number of halogens is 3. The van der Waals surface area contributed by atoms with E-state index in [1.165, 1.54) is 4.57 Å². The predicted molar refractivity (Wildman–Crippen MR) is 83.5 cm³/mol. The number of hydrogen-bond acceptors (Lipinski definition) is 4. The van der Waals surface area contributed by atoms with E-state index in [1.807, 2.05) is 20.8 Å². The largest absolute Gasteiger partial charge is 0.296 e. The van der Waals surface area contributed by atoms with Gasteiger partial charge in [0.25, 0.3) is 14.2 Å². The maximum Gasteiger partial charge on any atom is 0.296 e. The van der Waals surface area contributed by atoms with Crippen molar-refractivity contribution < 1.29 is 8.42 Å². The van der Waals surface area contributed by atoms with E-state index in [0.29, 0.717) is 21.4 Å². The molecule has 0 atom stereocenters. The van der Waals surface area contributed by atoms with Gasteiger partial charge in [-0.2, -0.15) is 0 Å². The van der Waals surface area contributed by atoms with Crippen LogP contribution < -0.4 is 0 Å². The Kier molecular flexibility index (Phi) is 4.28. The molecule has 5 nitrogen and oxygen atoms in total. The molecule has 0 bridgehead atoms. The molecular weight excluding hydrogens is 357 g/mol. The van der Waals surface area contributed by atoms with Crippen LogP contribution in [0.25, 0.3) is 11.4 Å². The molecule has 0 amide bonds. The molecule has 1 aromatic heterocycles. The van der Waals surface area contributed by atoms with Gasteiger partial charge in [-0.3, -0.25) is 4.57 Å². The Balaban J connectivity index is 2.80.